The molecule has 0 aliphatic heterocycles. The molecular weight excluding hydrogens is 312 g/mol. The number of thiophene rings is 1. The van der Waals surface area contributed by atoms with Crippen molar-refractivity contribution in [3.05, 3.63) is 15.8 Å². The zero-order valence-corrected chi connectivity index (χ0v) is 14.0. The second-order valence-electron chi connectivity index (χ2n) is 5.63. The third-order valence-electron chi connectivity index (χ3n) is 4.20. The summed E-state index contributed by atoms with van der Waals surface area (Å²) in [5.41, 5.74) is -0.118. The van der Waals surface area contributed by atoms with E-state index in [0.717, 1.165) is 30.6 Å². The van der Waals surface area contributed by atoms with E-state index < -0.39 is 16.0 Å². The van der Waals surface area contributed by atoms with Crippen LogP contribution in [-0.4, -0.2) is 50.6 Å². The molecule has 8 heteroatoms. The fraction of sp³-hybridized carbons (Fsp3) is 0.615. The molecule has 0 unspecified atom stereocenters. The second kappa shape index (κ2) is 5.68. The van der Waals surface area contributed by atoms with Crippen LogP contribution in [0.3, 0.4) is 0 Å². The van der Waals surface area contributed by atoms with Gasteiger partial charge in [-0.1, -0.05) is 0 Å². The first-order chi connectivity index (χ1) is 9.68. The van der Waals surface area contributed by atoms with Gasteiger partial charge >= 0.3 is 5.97 Å². The van der Waals surface area contributed by atoms with Crippen LogP contribution in [0.1, 0.15) is 33.8 Å². The Hall–Kier alpha value is -0.960. The minimum absolute atomic E-state index is 0.0406. The van der Waals surface area contributed by atoms with E-state index in [2.05, 4.69) is 9.62 Å². The Balaban J connectivity index is 2.17. The molecule has 1 saturated carbocycles. The quantitative estimate of drug-likeness (QED) is 0.825. The fourth-order valence-electron chi connectivity index (χ4n) is 2.51. The van der Waals surface area contributed by atoms with E-state index in [1.165, 1.54) is 6.07 Å². The first kappa shape index (κ1) is 16.4. The molecule has 2 rings (SSSR count). The monoisotopic (exact) mass is 332 g/mol. The Morgan fingerprint density at radius 1 is 1.48 bits per heavy atom. The van der Waals surface area contributed by atoms with Gasteiger partial charge in [-0.3, -0.25) is 0 Å². The van der Waals surface area contributed by atoms with Crippen LogP contribution in [0.15, 0.2) is 11.0 Å². The highest BCUT2D eigenvalue weighted by Crippen LogP contribution is 2.36. The van der Waals surface area contributed by atoms with Gasteiger partial charge in [-0.05, 0) is 46.3 Å². The molecule has 0 radical (unpaired) electrons. The van der Waals surface area contributed by atoms with Crippen molar-refractivity contribution in [2.75, 3.05) is 20.6 Å². The Bertz CT molecular complexity index is 645. The second-order valence-corrected chi connectivity index (χ2v) is 8.62. The number of likely N-dealkylation sites (N-methyl/N-ethyl adjacent to an activating group) is 1. The number of hydrogen-bond acceptors (Lipinski definition) is 5. The van der Waals surface area contributed by atoms with Crippen LogP contribution >= 0.6 is 11.3 Å². The molecule has 6 nitrogen and oxygen atoms in total. The van der Waals surface area contributed by atoms with Crippen LogP contribution in [-0.2, 0) is 10.0 Å². The predicted octanol–water partition coefficient (Wildman–Crippen LogP) is 1.52. The van der Waals surface area contributed by atoms with E-state index in [1.54, 1.807) is 6.92 Å². The first-order valence-electron chi connectivity index (χ1n) is 6.69. The number of carboxylic acid groups (broad SMARTS) is 1. The van der Waals surface area contributed by atoms with E-state index in [0.29, 0.717) is 11.4 Å². The molecular formula is C13H20N2O4S2. The summed E-state index contributed by atoms with van der Waals surface area (Å²) >= 11 is 0.980. The van der Waals surface area contributed by atoms with Crippen LogP contribution in [0.4, 0.5) is 0 Å². The highest BCUT2D eigenvalue weighted by molar-refractivity contribution is 7.89. The summed E-state index contributed by atoms with van der Waals surface area (Å²) in [6.45, 7) is 1.97. The normalized spacial score (nSPS) is 17.7. The van der Waals surface area contributed by atoms with Gasteiger partial charge in [0.15, 0.2) is 0 Å². The standard InChI is InChI=1S/C13H20N2O4S2/c1-9-11(7-10(20-9)12(16)17)21(18,19)14-8-13(15(2)3)5-4-6-13/h7,14H,4-6,8H2,1-3H3,(H,16,17). The third-order valence-corrected chi connectivity index (χ3v) is 6.89. The van der Waals surface area contributed by atoms with E-state index >= 15 is 0 Å². The number of carboxylic acids is 1. The van der Waals surface area contributed by atoms with Crippen LogP contribution in [0.5, 0.6) is 0 Å². The lowest BCUT2D eigenvalue weighted by Gasteiger charge is -2.47. The first-order valence-corrected chi connectivity index (χ1v) is 8.99. The molecule has 1 aromatic rings. The summed E-state index contributed by atoms with van der Waals surface area (Å²) < 4.78 is 27.4. The van der Waals surface area contributed by atoms with Gasteiger partial charge in [-0.2, -0.15) is 0 Å². The fourth-order valence-corrected chi connectivity index (χ4v) is 5.06. The molecule has 118 valence electrons. The van der Waals surface area contributed by atoms with E-state index in [1.807, 2.05) is 14.1 Å². The Morgan fingerprint density at radius 3 is 2.48 bits per heavy atom. The highest BCUT2D eigenvalue weighted by Gasteiger charge is 2.40. The number of hydrogen-bond donors (Lipinski definition) is 2. The molecule has 0 saturated heterocycles. The summed E-state index contributed by atoms with van der Waals surface area (Å²) in [7, 11) is 0.224. The van der Waals surface area contributed by atoms with Gasteiger partial charge in [0, 0.05) is 17.0 Å². The molecule has 1 aromatic heterocycles. The molecule has 1 heterocycles. The number of aromatic carboxylic acids is 1. The van der Waals surface area contributed by atoms with Crippen molar-refractivity contribution in [1.29, 1.82) is 0 Å². The molecule has 0 spiro atoms. The van der Waals surface area contributed by atoms with Gasteiger partial charge in [0.25, 0.3) is 0 Å². The largest absolute Gasteiger partial charge is 0.477 e. The van der Waals surface area contributed by atoms with Gasteiger partial charge in [0.1, 0.15) is 4.88 Å². The minimum Gasteiger partial charge on any atom is -0.477 e. The number of nitrogens with zero attached hydrogens (tertiary/aromatic N) is 1. The van der Waals surface area contributed by atoms with Crippen LogP contribution in [0.2, 0.25) is 0 Å². The smallest absolute Gasteiger partial charge is 0.345 e. The van der Waals surface area contributed by atoms with Gasteiger partial charge in [-0.25, -0.2) is 17.9 Å². The summed E-state index contributed by atoms with van der Waals surface area (Å²) in [4.78, 5) is 13.6. The third kappa shape index (κ3) is 3.13. The number of nitrogens with one attached hydrogen (secondary N) is 1. The van der Waals surface area contributed by atoms with Crippen LogP contribution in [0, 0.1) is 6.92 Å². The Morgan fingerprint density at radius 2 is 2.10 bits per heavy atom. The molecule has 21 heavy (non-hydrogen) atoms. The number of aryl methyl sites for hydroxylation is 1. The van der Waals surface area contributed by atoms with Crippen molar-refractivity contribution in [2.45, 2.75) is 36.6 Å². The molecule has 0 bridgehead atoms. The lowest BCUT2D eigenvalue weighted by molar-refractivity contribution is 0.0656. The van der Waals surface area contributed by atoms with Gasteiger partial charge in [-0.15, -0.1) is 11.3 Å². The average Bonchev–Trinajstić information content (AvgIpc) is 2.70. The molecule has 0 amide bonds. The number of sulfonamides is 1. The van der Waals surface area contributed by atoms with Crippen molar-refractivity contribution in [2.24, 2.45) is 0 Å². The van der Waals surface area contributed by atoms with Crippen molar-refractivity contribution < 1.29 is 18.3 Å². The SMILES string of the molecule is Cc1sc(C(=O)O)cc1S(=O)(=O)NCC1(N(C)C)CCC1. The van der Waals surface area contributed by atoms with Crippen LogP contribution in [0.25, 0.3) is 0 Å². The van der Waals surface area contributed by atoms with E-state index in [-0.39, 0.29) is 15.3 Å². The van der Waals surface area contributed by atoms with Crippen LogP contribution < -0.4 is 4.72 Å². The summed E-state index contributed by atoms with van der Waals surface area (Å²) in [5.74, 6) is -1.10. The van der Waals surface area contributed by atoms with Gasteiger partial charge in [0.2, 0.25) is 10.0 Å². The zero-order valence-electron chi connectivity index (χ0n) is 12.3. The van der Waals surface area contributed by atoms with Crippen molar-refractivity contribution in [1.82, 2.24) is 9.62 Å². The maximum atomic E-state index is 12.4. The maximum Gasteiger partial charge on any atom is 0.345 e. The van der Waals surface area contributed by atoms with Crippen molar-refractivity contribution >= 4 is 27.3 Å². The minimum atomic E-state index is -3.68. The summed E-state index contributed by atoms with van der Waals surface area (Å²) in [6, 6.07) is 1.23. The molecule has 0 aromatic carbocycles. The summed E-state index contributed by atoms with van der Waals surface area (Å²) in [5, 5.41) is 8.96. The molecule has 1 aliphatic rings. The average molecular weight is 332 g/mol. The number of carbonyl (C=O) groups is 1. The molecule has 1 fully saturated rings. The highest BCUT2D eigenvalue weighted by atomic mass is 32.2. The Kier molecular flexibility index (Phi) is 4.44. The predicted molar refractivity (Wildman–Crippen MR) is 81.5 cm³/mol. The molecule has 0 atom stereocenters. The van der Waals surface area contributed by atoms with Gasteiger partial charge in [0.05, 0.1) is 4.90 Å². The lowest BCUT2D eigenvalue weighted by Crippen LogP contribution is -2.57. The van der Waals surface area contributed by atoms with Crippen molar-refractivity contribution in [3.8, 4) is 0 Å². The topological polar surface area (TPSA) is 86.7 Å². The van der Waals surface area contributed by atoms with Gasteiger partial charge < -0.3 is 10.0 Å². The van der Waals surface area contributed by atoms with E-state index in [9.17, 15) is 13.2 Å². The molecule has 2 N–H and O–H groups in total. The Labute approximate surface area is 128 Å². The summed E-state index contributed by atoms with van der Waals surface area (Å²) in [6.07, 6.45) is 3.03. The zero-order chi connectivity index (χ0) is 15.8. The number of rotatable bonds is 6. The van der Waals surface area contributed by atoms with E-state index in [4.69, 9.17) is 5.11 Å². The molecule has 1 aliphatic carbocycles. The maximum absolute atomic E-state index is 12.4. The van der Waals surface area contributed by atoms with Crippen molar-refractivity contribution in [3.63, 3.8) is 0 Å². The lowest BCUT2D eigenvalue weighted by atomic mass is 9.76.